The van der Waals surface area contributed by atoms with Crippen LogP contribution >= 0.6 is 0 Å². The highest BCUT2D eigenvalue weighted by Gasteiger charge is 2.43. The third kappa shape index (κ3) is 19.3. The number of rotatable bonds is 26. The maximum atomic E-state index is 12.8. The minimum absolute atomic E-state index is 0.0411. The van der Waals surface area contributed by atoms with Crippen molar-refractivity contribution < 1.29 is 80.9 Å². The van der Waals surface area contributed by atoms with E-state index in [0.29, 0.717) is 25.7 Å². The molecule has 14 atom stereocenters. The van der Waals surface area contributed by atoms with Gasteiger partial charge in [-0.1, -0.05) is 91.8 Å². The van der Waals surface area contributed by atoms with Gasteiger partial charge < -0.3 is 52.1 Å². The third-order valence-electron chi connectivity index (χ3n) is 15.5. The molecule has 0 saturated carbocycles. The molecule has 75 heavy (non-hydrogen) atoms. The van der Waals surface area contributed by atoms with E-state index in [0.717, 1.165) is 51.4 Å². The monoisotopic (exact) mass is 1060 g/mol. The van der Waals surface area contributed by atoms with E-state index in [9.17, 15) is 28.8 Å². The Kier molecular flexibility index (Phi) is 26.2. The topological polar surface area (TPSA) is 204 Å². The van der Waals surface area contributed by atoms with Gasteiger partial charge in [0.05, 0.1) is 64.3 Å². The molecule has 422 valence electrons. The number of esters is 4. The van der Waals surface area contributed by atoms with Crippen LogP contribution in [0.3, 0.4) is 0 Å². The molecule has 0 aromatic heterocycles. The molecule has 2 heterocycles. The van der Waals surface area contributed by atoms with Crippen LogP contribution in [0.25, 0.3) is 0 Å². The van der Waals surface area contributed by atoms with Gasteiger partial charge in [0, 0.05) is 24.7 Å². The van der Waals surface area contributed by atoms with E-state index in [1.54, 1.807) is 0 Å². The first kappa shape index (κ1) is 61.1. The van der Waals surface area contributed by atoms with Gasteiger partial charge in [0.15, 0.2) is 0 Å². The lowest BCUT2D eigenvalue weighted by Crippen LogP contribution is -2.41. The van der Waals surface area contributed by atoms with E-state index in [4.69, 9.17) is 52.1 Å². The zero-order chi connectivity index (χ0) is 54.3. The Morgan fingerprint density at radius 2 is 0.933 bits per heavy atom. The normalized spacial score (nSPS) is 29.7. The Bertz CT molecular complexity index is 1820. The molecule has 4 aliphatic carbocycles. The molecule has 2 saturated heterocycles. The van der Waals surface area contributed by atoms with Crippen LogP contribution < -0.4 is 0 Å². The highest BCUT2D eigenvalue weighted by Crippen LogP contribution is 2.46. The molecule has 0 N–H and O–H groups in total. The fourth-order valence-corrected chi connectivity index (χ4v) is 11.0. The lowest BCUT2D eigenvalue weighted by molar-refractivity contribution is -0.163. The number of allylic oxidation sites excluding steroid dienone is 6. The first-order chi connectivity index (χ1) is 36.2. The molecule has 2 aliphatic heterocycles. The Morgan fingerprint density at radius 1 is 0.560 bits per heavy atom. The van der Waals surface area contributed by atoms with E-state index >= 15 is 0 Å². The molecule has 0 radical (unpaired) electrons. The van der Waals surface area contributed by atoms with Crippen molar-refractivity contribution in [2.75, 3.05) is 52.9 Å². The van der Waals surface area contributed by atoms with Gasteiger partial charge in [-0.15, -0.1) is 0 Å². The number of carbonyl (C=O) groups is 6. The van der Waals surface area contributed by atoms with Gasteiger partial charge in [-0.25, -0.2) is 9.59 Å². The summed E-state index contributed by atoms with van der Waals surface area (Å²) in [5, 5.41) is 0. The molecule has 17 nitrogen and oxygen atoms in total. The fourth-order valence-electron chi connectivity index (χ4n) is 11.0. The zero-order valence-electron chi connectivity index (χ0n) is 46.0. The van der Waals surface area contributed by atoms with Crippen molar-refractivity contribution >= 4 is 36.2 Å². The average Bonchev–Trinajstić information content (AvgIpc) is 3.39. The van der Waals surface area contributed by atoms with Crippen molar-refractivity contribution in [1.82, 2.24) is 0 Å². The number of hydrogen-bond acceptors (Lipinski definition) is 17. The Balaban J connectivity index is 0.00000514. The van der Waals surface area contributed by atoms with Gasteiger partial charge in [-0.05, 0) is 99.0 Å². The van der Waals surface area contributed by atoms with Crippen LogP contribution in [0.2, 0.25) is 0 Å². The third-order valence-corrected chi connectivity index (χ3v) is 15.5. The summed E-state index contributed by atoms with van der Waals surface area (Å²) >= 11 is 0. The van der Waals surface area contributed by atoms with E-state index in [2.05, 4.69) is 50.3 Å². The first-order valence-electron chi connectivity index (χ1n) is 28.2. The summed E-state index contributed by atoms with van der Waals surface area (Å²) < 4.78 is 61.4. The molecule has 0 amide bonds. The molecular formula is C58H88O17. The van der Waals surface area contributed by atoms with Crippen LogP contribution in [0.5, 0.6) is 0 Å². The number of ether oxygens (including phenoxy) is 11. The molecule has 0 spiro atoms. The molecule has 14 unspecified atom stereocenters. The minimum atomic E-state index is -0.878. The molecular weight excluding hydrogens is 969 g/mol. The second-order valence-corrected chi connectivity index (χ2v) is 20.7. The predicted octanol–water partition coefficient (Wildman–Crippen LogP) is 10.3. The molecule has 6 aliphatic rings. The Labute approximate surface area is 445 Å². The van der Waals surface area contributed by atoms with Gasteiger partial charge in [-0.2, -0.15) is 0 Å². The maximum Gasteiger partial charge on any atom is 0.508 e. The van der Waals surface area contributed by atoms with Crippen LogP contribution in [-0.4, -0.2) is 126 Å². The van der Waals surface area contributed by atoms with Crippen LogP contribution in [0, 0.1) is 47.3 Å². The second-order valence-electron chi connectivity index (χ2n) is 20.7. The highest BCUT2D eigenvalue weighted by molar-refractivity contribution is 5.73. The Morgan fingerprint density at radius 3 is 1.31 bits per heavy atom. The largest absolute Gasteiger partial charge is 0.508 e. The van der Waals surface area contributed by atoms with Crippen LogP contribution in [0.15, 0.2) is 47.6 Å². The molecule has 0 bridgehead atoms. The fraction of sp³-hybridized carbons (Fsp3) is 0.759. The van der Waals surface area contributed by atoms with Gasteiger partial charge in [0.1, 0.15) is 49.8 Å². The van der Waals surface area contributed by atoms with Crippen molar-refractivity contribution in [3.05, 3.63) is 47.6 Å². The SMILES string of the molecule is CC.CCC(C)C(=O)OC1CCC=C2C=CC(C)C(CCC3CC(OC(=O)OCCOCCOCCOCCOC(=O)OC4CC(=O)OC(CCC5C(C)C=CC6=CCCC(OC(=O)C(C)CC)C65)C4)CC(=O)O3)C21. The summed E-state index contributed by atoms with van der Waals surface area (Å²) in [7, 11) is 0. The van der Waals surface area contributed by atoms with E-state index in [1.807, 2.05) is 41.5 Å². The standard InChI is InChI=1S/C56H82O17.C2H6/c1-7-35(3)53(59)72-47-13-9-11-39-17-15-37(5)45(51(39)47)21-19-41-31-43(33-49(57)68-41)70-55(61)66-29-27-64-25-23-63-24-26-65-28-30-67-56(62)71-44-32-42(69-50(58)34-44)20-22-46-38(6)16-18-40-12-10-14-48(52(40)46)73-54(60)36(4)8-2;1-2/h11-12,15-18,35-38,41-48,51-52H,7-10,13-14,19-34H2,1-6H3;1-2H3. The van der Waals surface area contributed by atoms with Crippen LogP contribution in [-0.2, 0) is 71.3 Å². The maximum absolute atomic E-state index is 12.8. The van der Waals surface area contributed by atoms with Gasteiger partial charge in [-0.3, -0.25) is 19.2 Å². The zero-order valence-corrected chi connectivity index (χ0v) is 46.0. The quantitative estimate of drug-likeness (QED) is 0.0449. The Hall–Kier alpha value is -4.74. The summed E-state index contributed by atoms with van der Waals surface area (Å²) in [6, 6.07) is 0. The van der Waals surface area contributed by atoms with Crippen LogP contribution in [0.4, 0.5) is 9.59 Å². The van der Waals surface area contributed by atoms with Crippen molar-refractivity contribution in [1.29, 1.82) is 0 Å². The molecule has 0 aromatic carbocycles. The summed E-state index contributed by atoms with van der Waals surface area (Å²) in [5.74, 6) is -0.385. The lowest BCUT2D eigenvalue weighted by Gasteiger charge is -2.42. The summed E-state index contributed by atoms with van der Waals surface area (Å²) in [6.07, 6.45) is 17.1. The van der Waals surface area contributed by atoms with Crippen molar-refractivity contribution in [3.63, 3.8) is 0 Å². The number of cyclic esters (lactones) is 2. The van der Waals surface area contributed by atoms with Gasteiger partial charge in [0.25, 0.3) is 0 Å². The van der Waals surface area contributed by atoms with Gasteiger partial charge >= 0.3 is 36.2 Å². The molecule has 6 rings (SSSR count). The minimum Gasteiger partial charge on any atom is -0.462 e. The summed E-state index contributed by atoms with van der Waals surface area (Å²) in [6.45, 7) is 17.3. The van der Waals surface area contributed by atoms with Crippen molar-refractivity contribution in [3.8, 4) is 0 Å². The van der Waals surface area contributed by atoms with E-state index < -0.39 is 48.7 Å². The highest BCUT2D eigenvalue weighted by atomic mass is 16.7. The molecule has 0 aromatic rings. The predicted molar refractivity (Wildman–Crippen MR) is 277 cm³/mol. The molecule has 17 heteroatoms. The lowest BCUT2D eigenvalue weighted by atomic mass is 9.66. The average molecular weight is 1060 g/mol. The smallest absolute Gasteiger partial charge is 0.462 e. The second kappa shape index (κ2) is 32.1. The van der Waals surface area contributed by atoms with E-state index in [-0.39, 0.29) is 137 Å². The number of carbonyl (C=O) groups excluding carboxylic acids is 6. The van der Waals surface area contributed by atoms with E-state index in [1.165, 1.54) is 11.1 Å². The summed E-state index contributed by atoms with van der Waals surface area (Å²) in [5.41, 5.74) is 2.41. The summed E-state index contributed by atoms with van der Waals surface area (Å²) in [4.78, 5) is 75.7. The van der Waals surface area contributed by atoms with Crippen LogP contribution in [0.1, 0.15) is 145 Å². The number of hydrogen-bond donors (Lipinski definition) is 0. The van der Waals surface area contributed by atoms with Crippen molar-refractivity contribution in [2.45, 2.75) is 182 Å². The van der Waals surface area contributed by atoms with Gasteiger partial charge in [0.2, 0.25) is 0 Å². The molecule has 2 fully saturated rings. The number of fused-ring (bicyclic) bond motifs is 2. The first-order valence-corrected chi connectivity index (χ1v) is 28.2. The van der Waals surface area contributed by atoms with Crippen molar-refractivity contribution in [2.24, 2.45) is 47.3 Å².